The molecule has 0 radical (unpaired) electrons. The number of ether oxygens (including phenoxy) is 1. The Bertz CT molecular complexity index is 258. The molecule has 0 rings (SSSR count). The van der Waals surface area contributed by atoms with E-state index >= 15 is 0 Å². The lowest BCUT2D eigenvalue weighted by Gasteiger charge is -1.99. The van der Waals surface area contributed by atoms with Crippen molar-refractivity contribution in [2.45, 2.75) is 39.5 Å². The molecule has 15 heavy (non-hydrogen) atoms. The van der Waals surface area contributed by atoms with Gasteiger partial charge in [0.2, 0.25) is 0 Å². The molecule has 0 unspecified atom stereocenters. The fourth-order valence-electron chi connectivity index (χ4n) is 1.41. The zero-order chi connectivity index (χ0) is 11.7. The van der Waals surface area contributed by atoms with Crippen molar-refractivity contribution in [3.05, 3.63) is 17.4 Å². The van der Waals surface area contributed by atoms with Crippen LogP contribution >= 0.6 is 0 Å². The van der Waals surface area contributed by atoms with Gasteiger partial charge >= 0.3 is 5.90 Å². The van der Waals surface area contributed by atoms with Gasteiger partial charge in [-0.25, -0.2) is 4.58 Å². The Labute approximate surface area is 94.0 Å². The van der Waals surface area contributed by atoms with E-state index in [4.69, 9.17) is 4.74 Å². The second-order valence-electron chi connectivity index (χ2n) is 3.83. The molecule has 0 aromatic heterocycles. The van der Waals surface area contributed by atoms with Crippen LogP contribution in [0.15, 0.2) is 17.4 Å². The molecule has 0 fully saturated rings. The molecule has 2 nitrogen and oxygen atoms in total. The van der Waals surface area contributed by atoms with E-state index in [2.05, 4.69) is 19.6 Å². The second kappa shape index (κ2) is 8.31. The van der Waals surface area contributed by atoms with Gasteiger partial charge in [-0.3, -0.25) is 0 Å². The molecule has 0 aromatic carbocycles. The Balaban J connectivity index is 4.77. The molecule has 0 saturated heterocycles. The Morgan fingerprint density at radius 3 is 2.07 bits per heavy atom. The molecule has 0 bridgehead atoms. The standard InChI is InChI=1S/C13H24NO/c1-6-8-12(9-7-2)10-11-13(15-5)14(3)4/h11H,6-9H2,1-5H3/q+1. The molecule has 0 aliphatic rings. The minimum Gasteiger partial charge on any atom is -0.448 e. The van der Waals surface area contributed by atoms with Crippen LogP contribution in [0.3, 0.4) is 0 Å². The third-order valence-corrected chi connectivity index (χ3v) is 2.15. The summed E-state index contributed by atoms with van der Waals surface area (Å²) in [5.74, 6) is 0.847. The zero-order valence-electron chi connectivity index (χ0n) is 10.8. The van der Waals surface area contributed by atoms with Gasteiger partial charge in [-0.15, -0.1) is 5.73 Å². The second-order valence-corrected chi connectivity index (χ2v) is 3.83. The summed E-state index contributed by atoms with van der Waals surface area (Å²) in [6.07, 6.45) is 6.56. The van der Waals surface area contributed by atoms with Crippen LogP contribution in [0.1, 0.15) is 39.5 Å². The van der Waals surface area contributed by atoms with Crippen molar-refractivity contribution in [1.29, 1.82) is 0 Å². The molecule has 0 spiro atoms. The predicted molar refractivity (Wildman–Crippen MR) is 65.5 cm³/mol. The molecule has 2 heteroatoms. The van der Waals surface area contributed by atoms with Crippen LogP contribution in [-0.4, -0.2) is 31.7 Å². The predicted octanol–water partition coefficient (Wildman–Crippen LogP) is 2.99. The lowest BCUT2D eigenvalue weighted by atomic mass is 10.1. The lowest BCUT2D eigenvalue weighted by Crippen LogP contribution is -2.12. The molecule has 0 aliphatic heterocycles. The van der Waals surface area contributed by atoms with Crippen molar-refractivity contribution in [2.75, 3.05) is 21.2 Å². The summed E-state index contributed by atoms with van der Waals surface area (Å²) >= 11 is 0. The van der Waals surface area contributed by atoms with Crippen LogP contribution in [0.25, 0.3) is 0 Å². The monoisotopic (exact) mass is 210 g/mol. The molecule has 0 heterocycles. The van der Waals surface area contributed by atoms with Gasteiger partial charge in [0.15, 0.2) is 0 Å². The Morgan fingerprint density at radius 2 is 1.73 bits per heavy atom. The summed E-state index contributed by atoms with van der Waals surface area (Å²) in [6, 6.07) is 0. The van der Waals surface area contributed by atoms with Crippen molar-refractivity contribution in [2.24, 2.45) is 0 Å². The van der Waals surface area contributed by atoms with E-state index in [-0.39, 0.29) is 0 Å². The van der Waals surface area contributed by atoms with E-state index in [1.54, 1.807) is 7.11 Å². The average Bonchev–Trinajstić information content (AvgIpc) is 2.18. The number of hydrogen-bond acceptors (Lipinski definition) is 1. The van der Waals surface area contributed by atoms with E-state index in [0.29, 0.717) is 0 Å². The van der Waals surface area contributed by atoms with Gasteiger partial charge < -0.3 is 4.74 Å². The van der Waals surface area contributed by atoms with Gasteiger partial charge in [-0.05, 0) is 18.4 Å². The van der Waals surface area contributed by atoms with Crippen molar-refractivity contribution >= 4 is 5.90 Å². The van der Waals surface area contributed by atoms with E-state index in [9.17, 15) is 0 Å². The maximum atomic E-state index is 5.23. The number of nitrogens with zero attached hydrogens (tertiary/aromatic N) is 1. The minimum absolute atomic E-state index is 0.847. The molecule has 0 atom stereocenters. The molecule has 86 valence electrons. The number of rotatable bonds is 5. The summed E-state index contributed by atoms with van der Waals surface area (Å²) in [4.78, 5) is 0. The van der Waals surface area contributed by atoms with Gasteiger partial charge in [0.25, 0.3) is 0 Å². The van der Waals surface area contributed by atoms with Crippen LogP contribution in [0.2, 0.25) is 0 Å². The molecule has 0 aliphatic carbocycles. The fourth-order valence-corrected chi connectivity index (χ4v) is 1.41. The smallest absolute Gasteiger partial charge is 0.369 e. The highest BCUT2D eigenvalue weighted by Crippen LogP contribution is 2.09. The quantitative estimate of drug-likeness (QED) is 0.294. The maximum absolute atomic E-state index is 5.23. The summed E-state index contributed by atoms with van der Waals surface area (Å²) in [6.45, 7) is 4.40. The van der Waals surface area contributed by atoms with Gasteiger partial charge in [0.1, 0.15) is 14.1 Å². The largest absolute Gasteiger partial charge is 0.448 e. The summed E-state index contributed by atoms with van der Waals surface area (Å²) in [5, 5.41) is 0. The van der Waals surface area contributed by atoms with Crippen LogP contribution in [0.4, 0.5) is 0 Å². The highest BCUT2D eigenvalue weighted by atomic mass is 16.5. The van der Waals surface area contributed by atoms with Gasteiger partial charge in [-0.2, -0.15) is 0 Å². The van der Waals surface area contributed by atoms with Gasteiger partial charge in [0, 0.05) is 0 Å². The third kappa shape index (κ3) is 6.14. The van der Waals surface area contributed by atoms with Gasteiger partial charge in [-0.1, -0.05) is 26.7 Å². The van der Waals surface area contributed by atoms with Crippen LogP contribution in [0.5, 0.6) is 0 Å². The fraction of sp³-hybridized carbons (Fsp3) is 0.692. The van der Waals surface area contributed by atoms with Crippen molar-refractivity contribution in [1.82, 2.24) is 0 Å². The first-order chi connectivity index (χ1) is 7.15. The molecule has 0 amide bonds. The maximum Gasteiger partial charge on any atom is 0.369 e. The van der Waals surface area contributed by atoms with E-state index in [1.165, 1.54) is 18.4 Å². The first kappa shape index (κ1) is 14.0. The Morgan fingerprint density at radius 1 is 1.20 bits per heavy atom. The minimum atomic E-state index is 0.847. The van der Waals surface area contributed by atoms with Crippen molar-refractivity contribution in [3.63, 3.8) is 0 Å². The molecular weight excluding hydrogens is 186 g/mol. The zero-order valence-corrected chi connectivity index (χ0v) is 10.8. The van der Waals surface area contributed by atoms with E-state index in [0.717, 1.165) is 18.7 Å². The number of hydrogen-bond donors (Lipinski definition) is 0. The topological polar surface area (TPSA) is 12.2 Å². The molecule has 0 aromatic rings. The molecular formula is C13H24NO+. The van der Waals surface area contributed by atoms with Gasteiger partial charge in [0.05, 0.1) is 13.2 Å². The summed E-state index contributed by atoms with van der Waals surface area (Å²) in [5.41, 5.74) is 4.73. The van der Waals surface area contributed by atoms with Crippen LogP contribution in [-0.2, 0) is 4.74 Å². The Hall–Kier alpha value is -1.01. The van der Waals surface area contributed by atoms with E-state index in [1.807, 2.05) is 24.7 Å². The highest BCUT2D eigenvalue weighted by Gasteiger charge is 2.01. The molecule has 0 saturated carbocycles. The molecule has 0 N–H and O–H groups in total. The summed E-state index contributed by atoms with van der Waals surface area (Å²) in [7, 11) is 5.62. The average molecular weight is 210 g/mol. The van der Waals surface area contributed by atoms with E-state index < -0.39 is 0 Å². The third-order valence-electron chi connectivity index (χ3n) is 2.15. The normalized spacial score (nSPS) is 9.13. The number of methoxy groups -OCH3 is 1. The SMILES string of the molecule is CCCC(=C=CC(OC)=[N+](C)C)CCC. The highest BCUT2D eigenvalue weighted by molar-refractivity contribution is 5.82. The van der Waals surface area contributed by atoms with Crippen molar-refractivity contribution < 1.29 is 9.31 Å². The lowest BCUT2D eigenvalue weighted by molar-refractivity contribution is -0.472. The first-order valence-corrected chi connectivity index (χ1v) is 5.68. The first-order valence-electron chi connectivity index (χ1n) is 5.68. The summed E-state index contributed by atoms with van der Waals surface area (Å²) < 4.78 is 7.18. The van der Waals surface area contributed by atoms with Crippen LogP contribution < -0.4 is 0 Å². The van der Waals surface area contributed by atoms with Crippen molar-refractivity contribution in [3.8, 4) is 0 Å². The van der Waals surface area contributed by atoms with Crippen LogP contribution in [0, 0.1) is 0 Å². The Kier molecular flexibility index (Phi) is 7.75.